The number of hydrogen-bond donors (Lipinski definition) is 1. The number of benzene rings is 3. The fourth-order valence-electron chi connectivity index (χ4n) is 3.64. The summed E-state index contributed by atoms with van der Waals surface area (Å²) in [5.41, 5.74) is 4.77. The number of aromatic nitrogens is 1. The van der Waals surface area contributed by atoms with Crippen molar-refractivity contribution in [1.82, 2.24) is 4.98 Å². The number of para-hydroxylation sites is 1. The average molecular weight is 437 g/mol. The summed E-state index contributed by atoms with van der Waals surface area (Å²) in [7, 11) is 0. The zero-order chi connectivity index (χ0) is 23.2. The predicted molar refractivity (Wildman–Crippen MR) is 131 cm³/mol. The Hall–Kier alpha value is -4.25. The van der Waals surface area contributed by atoms with Crippen molar-refractivity contribution in [2.45, 2.75) is 20.0 Å². The molecule has 1 N–H and O–H groups in total. The molecule has 1 atom stereocenters. The third-order valence-electron chi connectivity index (χ3n) is 5.07. The number of anilines is 1. The molecule has 1 aromatic heterocycles. The molecule has 4 rings (SSSR count). The van der Waals surface area contributed by atoms with Crippen LogP contribution >= 0.6 is 0 Å². The van der Waals surface area contributed by atoms with Crippen molar-refractivity contribution in [3.8, 4) is 0 Å². The molecule has 0 aliphatic rings. The summed E-state index contributed by atoms with van der Waals surface area (Å²) in [6.07, 6.45) is 1.78. The molecule has 0 saturated carbocycles. The quantitative estimate of drug-likeness (QED) is 0.307. The second kappa shape index (κ2) is 9.92. The number of carbonyl (C=O) groups is 2. The molecule has 4 aromatic rings. The maximum atomic E-state index is 13.1. The van der Waals surface area contributed by atoms with Crippen LogP contribution in [0, 0.1) is 13.8 Å². The van der Waals surface area contributed by atoms with E-state index in [1.165, 1.54) is 6.08 Å². The fourth-order valence-corrected chi connectivity index (χ4v) is 3.64. The van der Waals surface area contributed by atoms with Gasteiger partial charge in [0, 0.05) is 22.7 Å². The maximum absolute atomic E-state index is 13.1. The first-order valence-corrected chi connectivity index (χ1v) is 10.7. The Morgan fingerprint density at radius 3 is 2.33 bits per heavy atom. The van der Waals surface area contributed by atoms with Crippen molar-refractivity contribution in [2.75, 3.05) is 5.32 Å². The van der Waals surface area contributed by atoms with Crippen LogP contribution in [0.25, 0.3) is 17.0 Å². The fraction of sp³-hybridized carbons (Fsp3) is 0.107. The van der Waals surface area contributed by atoms with E-state index in [0.29, 0.717) is 16.9 Å². The van der Waals surface area contributed by atoms with Crippen molar-refractivity contribution in [2.24, 2.45) is 0 Å². The summed E-state index contributed by atoms with van der Waals surface area (Å²) in [6.45, 7) is 3.92. The lowest BCUT2D eigenvalue weighted by Gasteiger charge is -2.17. The van der Waals surface area contributed by atoms with Crippen molar-refractivity contribution < 1.29 is 14.3 Å². The van der Waals surface area contributed by atoms with Gasteiger partial charge in [0.05, 0.1) is 11.2 Å². The average Bonchev–Trinajstić information content (AvgIpc) is 2.81. The number of rotatable bonds is 6. The molecule has 0 saturated heterocycles. The van der Waals surface area contributed by atoms with Gasteiger partial charge in [-0.15, -0.1) is 0 Å². The highest BCUT2D eigenvalue weighted by atomic mass is 16.5. The molecule has 1 amide bonds. The van der Waals surface area contributed by atoms with Crippen molar-refractivity contribution in [3.63, 3.8) is 0 Å². The van der Waals surface area contributed by atoms with Gasteiger partial charge >= 0.3 is 5.97 Å². The van der Waals surface area contributed by atoms with Crippen molar-refractivity contribution in [3.05, 3.63) is 113 Å². The number of fused-ring (bicyclic) bond motifs is 1. The monoisotopic (exact) mass is 436 g/mol. The smallest absolute Gasteiger partial charge is 0.331 e. The number of nitrogens with one attached hydrogen (secondary N) is 1. The first-order chi connectivity index (χ1) is 16.0. The molecule has 164 valence electrons. The SMILES string of the molecule is Cc1cc(C)cc(NC(=O)C(OC(=O)/C=C/c2ccc3ccccc3n2)c2ccccc2)c1. The highest BCUT2D eigenvalue weighted by molar-refractivity contribution is 5.97. The van der Waals surface area contributed by atoms with Gasteiger partial charge in [-0.25, -0.2) is 9.78 Å². The van der Waals surface area contributed by atoms with E-state index in [2.05, 4.69) is 10.3 Å². The van der Waals surface area contributed by atoms with E-state index < -0.39 is 18.0 Å². The van der Waals surface area contributed by atoms with Gasteiger partial charge in [-0.2, -0.15) is 0 Å². The molecule has 0 radical (unpaired) electrons. The van der Waals surface area contributed by atoms with Crippen LogP contribution < -0.4 is 5.32 Å². The van der Waals surface area contributed by atoms with Gasteiger partial charge in [0.15, 0.2) is 0 Å². The van der Waals surface area contributed by atoms with Gasteiger partial charge in [0.25, 0.3) is 5.91 Å². The Bertz CT molecular complexity index is 1310. The van der Waals surface area contributed by atoms with Gasteiger partial charge < -0.3 is 10.1 Å². The van der Waals surface area contributed by atoms with Crippen LogP contribution in [0.2, 0.25) is 0 Å². The van der Waals surface area contributed by atoms with E-state index in [4.69, 9.17) is 4.74 Å². The predicted octanol–water partition coefficient (Wildman–Crippen LogP) is 5.79. The summed E-state index contributed by atoms with van der Waals surface area (Å²) in [5.74, 6) is -1.05. The Morgan fingerprint density at radius 2 is 1.58 bits per heavy atom. The lowest BCUT2D eigenvalue weighted by molar-refractivity contribution is -0.149. The molecule has 0 aliphatic heterocycles. The van der Waals surface area contributed by atoms with Crippen LogP contribution in [-0.4, -0.2) is 16.9 Å². The first-order valence-electron chi connectivity index (χ1n) is 10.7. The molecule has 33 heavy (non-hydrogen) atoms. The Labute approximate surface area is 192 Å². The van der Waals surface area contributed by atoms with E-state index in [-0.39, 0.29) is 0 Å². The normalized spacial score (nSPS) is 11.9. The Kier molecular flexibility index (Phi) is 6.60. The second-order valence-electron chi connectivity index (χ2n) is 7.86. The third-order valence-corrected chi connectivity index (χ3v) is 5.07. The van der Waals surface area contributed by atoms with Crippen LogP contribution in [0.4, 0.5) is 5.69 Å². The van der Waals surface area contributed by atoms with Gasteiger partial charge in [0.1, 0.15) is 0 Å². The molecule has 3 aromatic carbocycles. The van der Waals surface area contributed by atoms with Gasteiger partial charge in [-0.05, 0) is 55.3 Å². The van der Waals surface area contributed by atoms with E-state index >= 15 is 0 Å². The molecule has 1 heterocycles. The summed E-state index contributed by atoms with van der Waals surface area (Å²) in [4.78, 5) is 30.2. The zero-order valence-corrected chi connectivity index (χ0v) is 18.5. The summed E-state index contributed by atoms with van der Waals surface area (Å²) < 4.78 is 5.57. The number of aryl methyl sites for hydroxylation is 2. The molecule has 0 fully saturated rings. The summed E-state index contributed by atoms with van der Waals surface area (Å²) >= 11 is 0. The van der Waals surface area contributed by atoms with Crippen LogP contribution in [0.15, 0.2) is 91.0 Å². The molecule has 0 spiro atoms. The van der Waals surface area contributed by atoms with E-state index in [9.17, 15) is 9.59 Å². The second-order valence-corrected chi connectivity index (χ2v) is 7.86. The molecule has 0 bridgehead atoms. The number of ether oxygens (including phenoxy) is 1. The van der Waals surface area contributed by atoms with Crippen LogP contribution in [0.5, 0.6) is 0 Å². The Morgan fingerprint density at radius 1 is 0.879 bits per heavy atom. The lowest BCUT2D eigenvalue weighted by Crippen LogP contribution is -2.25. The number of carbonyl (C=O) groups excluding carboxylic acids is 2. The number of pyridine rings is 1. The van der Waals surface area contributed by atoms with Gasteiger partial charge in [-0.1, -0.05) is 60.7 Å². The van der Waals surface area contributed by atoms with Crippen LogP contribution in [0.1, 0.15) is 28.5 Å². The zero-order valence-electron chi connectivity index (χ0n) is 18.5. The first kappa shape index (κ1) is 22.0. The Balaban J connectivity index is 1.52. The molecular formula is C28H24N2O3. The number of esters is 1. The van der Waals surface area contributed by atoms with Crippen LogP contribution in [-0.2, 0) is 14.3 Å². The molecule has 5 heteroatoms. The standard InChI is InChI=1S/C28H24N2O3/c1-19-16-20(2)18-24(17-19)30-28(32)27(22-9-4-3-5-10-22)33-26(31)15-14-23-13-12-21-8-6-7-11-25(21)29-23/h3-18,27H,1-2H3,(H,30,32)/b15-14+. The molecule has 0 aliphatic carbocycles. The lowest BCUT2D eigenvalue weighted by atomic mass is 10.1. The van der Waals surface area contributed by atoms with Gasteiger partial charge in [-0.3, -0.25) is 4.79 Å². The topological polar surface area (TPSA) is 68.3 Å². The summed E-state index contributed by atoms with van der Waals surface area (Å²) in [5, 5.41) is 3.89. The minimum atomic E-state index is -1.09. The molecular weight excluding hydrogens is 412 g/mol. The number of nitrogens with zero attached hydrogens (tertiary/aromatic N) is 1. The number of amides is 1. The van der Waals surface area contributed by atoms with Crippen molar-refractivity contribution in [1.29, 1.82) is 0 Å². The minimum Gasteiger partial charge on any atom is -0.444 e. The molecule has 5 nitrogen and oxygen atoms in total. The van der Waals surface area contributed by atoms with E-state index in [1.807, 2.05) is 74.5 Å². The van der Waals surface area contributed by atoms with Gasteiger partial charge in [0.2, 0.25) is 6.10 Å². The number of hydrogen-bond acceptors (Lipinski definition) is 4. The maximum Gasteiger partial charge on any atom is 0.331 e. The summed E-state index contributed by atoms with van der Waals surface area (Å²) in [6, 6.07) is 26.2. The highest BCUT2D eigenvalue weighted by Crippen LogP contribution is 2.22. The minimum absolute atomic E-state index is 0.420. The highest BCUT2D eigenvalue weighted by Gasteiger charge is 2.24. The van der Waals surface area contributed by atoms with Crippen molar-refractivity contribution >= 4 is 34.5 Å². The van der Waals surface area contributed by atoms with Crippen LogP contribution in [0.3, 0.4) is 0 Å². The van der Waals surface area contributed by atoms with E-state index in [0.717, 1.165) is 22.0 Å². The van der Waals surface area contributed by atoms with E-state index in [1.54, 1.807) is 30.3 Å². The molecule has 1 unspecified atom stereocenters. The third kappa shape index (κ3) is 5.71. The largest absolute Gasteiger partial charge is 0.444 e.